The summed E-state index contributed by atoms with van der Waals surface area (Å²) < 4.78 is 6.49. The highest BCUT2D eigenvalue weighted by Crippen LogP contribution is 2.53. The molecule has 0 aromatic heterocycles. The van der Waals surface area contributed by atoms with Gasteiger partial charge in [0.15, 0.2) is 12.4 Å². The van der Waals surface area contributed by atoms with Gasteiger partial charge in [0.2, 0.25) is 11.8 Å². The second kappa shape index (κ2) is 6.95. The first-order valence-electron chi connectivity index (χ1n) is 9.61. The Morgan fingerprint density at radius 2 is 1.52 bits per heavy atom. The van der Waals surface area contributed by atoms with Crippen molar-refractivity contribution in [3.05, 3.63) is 70.7 Å². The standard InChI is InChI=1S/C23H18BrNO4/c24-16-5-3-13(4-6-16)19(26)12-29-18-9-7-17(8-10-18)25-22(27)20-14-1-2-15(11-14)21(20)23(25)28/h1-10,14-15,20-21H,11-12H2/t14-,15-,20-,21+/m0/s1. The maximum atomic E-state index is 12.9. The molecule has 2 aromatic rings. The molecule has 2 amide bonds. The van der Waals surface area contributed by atoms with E-state index in [0.29, 0.717) is 17.0 Å². The number of benzene rings is 2. The fraction of sp³-hybridized carbons (Fsp3) is 0.261. The minimum atomic E-state index is -0.211. The molecule has 2 bridgehead atoms. The van der Waals surface area contributed by atoms with Crippen molar-refractivity contribution in [3.8, 4) is 5.75 Å². The van der Waals surface area contributed by atoms with Crippen molar-refractivity contribution in [1.29, 1.82) is 0 Å². The Labute approximate surface area is 176 Å². The molecule has 2 aromatic carbocycles. The lowest BCUT2D eigenvalue weighted by atomic mass is 9.85. The quantitative estimate of drug-likeness (QED) is 0.391. The molecule has 0 unspecified atom stereocenters. The van der Waals surface area contributed by atoms with Crippen molar-refractivity contribution in [3.63, 3.8) is 0 Å². The highest BCUT2D eigenvalue weighted by molar-refractivity contribution is 9.10. The van der Waals surface area contributed by atoms with Crippen LogP contribution in [0, 0.1) is 23.7 Å². The first-order chi connectivity index (χ1) is 14.0. The van der Waals surface area contributed by atoms with Crippen molar-refractivity contribution in [1.82, 2.24) is 0 Å². The molecule has 0 spiro atoms. The van der Waals surface area contributed by atoms with Crippen LogP contribution in [0.15, 0.2) is 65.2 Å². The summed E-state index contributed by atoms with van der Waals surface area (Å²) in [6.07, 6.45) is 5.08. The summed E-state index contributed by atoms with van der Waals surface area (Å²) in [6.45, 7) is -0.0816. The largest absolute Gasteiger partial charge is 0.485 e. The number of amides is 2. The highest BCUT2D eigenvalue weighted by Gasteiger charge is 2.59. The lowest BCUT2D eigenvalue weighted by Gasteiger charge is -2.17. The van der Waals surface area contributed by atoms with E-state index >= 15 is 0 Å². The Morgan fingerprint density at radius 1 is 0.931 bits per heavy atom. The van der Waals surface area contributed by atoms with Gasteiger partial charge < -0.3 is 4.74 Å². The Morgan fingerprint density at radius 3 is 2.10 bits per heavy atom. The molecule has 1 saturated heterocycles. The molecule has 146 valence electrons. The Balaban J connectivity index is 1.26. The van der Waals surface area contributed by atoms with E-state index in [1.807, 2.05) is 12.1 Å². The van der Waals surface area contributed by atoms with Gasteiger partial charge in [-0.15, -0.1) is 0 Å². The van der Waals surface area contributed by atoms with Gasteiger partial charge in [0.25, 0.3) is 0 Å². The van der Waals surface area contributed by atoms with Crippen molar-refractivity contribution in [2.75, 3.05) is 11.5 Å². The van der Waals surface area contributed by atoms with Gasteiger partial charge in [-0.25, -0.2) is 0 Å². The van der Waals surface area contributed by atoms with Crippen LogP contribution < -0.4 is 9.64 Å². The molecule has 5 rings (SSSR count). The maximum Gasteiger partial charge on any atom is 0.238 e. The summed E-state index contributed by atoms with van der Waals surface area (Å²) in [5, 5.41) is 0. The van der Waals surface area contributed by atoms with Gasteiger partial charge in [-0.2, -0.15) is 0 Å². The minimum absolute atomic E-state index is 0.0816. The van der Waals surface area contributed by atoms with E-state index in [4.69, 9.17) is 4.74 Å². The van der Waals surface area contributed by atoms with Crippen molar-refractivity contribution in [2.24, 2.45) is 23.7 Å². The minimum Gasteiger partial charge on any atom is -0.485 e. The molecular formula is C23H18BrNO4. The van der Waals surface area contributed by atoms with Gasteiger partial charge >= 0.3 is 0 Å². The third kappa shape index (κ3) is 3.02. The average Bonchev–Trinajstić information content (AvgIpc) is 3.41. The van der Waals surface area contributed by atoms with Gasteiger partial charge in [0, 0.05) is 10.0 Å². The number of carbonyl (C=O) groups excluding carboxylic acids is 3. The summed E-state index contributed by atoms with van der Waals surface area (Å²) in [7, 11) is 0. The van der Waals surface area contributed by atoms with E-state index in [-0.39, 0.29) is 47.9 Å². The fourth-order valence-corrected chi connectivity index (χ4v) is 4.98. The lowest BCUT2D eigenvalue weighted by molar-refractivity contribution is -0.123. The van der Waals surface area contributed by atoms with Crippen LogP contribution >= 0.6 is 15.9 Å². The van der Waals surface area contributed by atoms with Crippen molar-refractivity contribution >= 4 is 39.2 Å². The third-order valence-electron chi connectivity index (χ3n) is 6.10. The predicted molar refractivity (Wildman–Crippen MR) is 111 cm³/mol. The number of Topliss-reactive ketones (excluding diaryl/α,β-unsaturated/α-hetero) is 1. The summed E-state index contributed by atoms with van der Waals surface area (Å²) in [4.78, 5) is 39.3. The van der Waals surface area contributed by atoms with E-state index in [0.717, 1.165) is 10.9 Å². The van der Waals surface area contributed by atoms with Crippen LogP contribution in [0.5, 0.6) is 5.75 Å². The van der Waals surface area contributed by atoms with Gasteiger partial charge in [-0.1, -0.05) is 40.2 Å². The Kier molecular flexibility index (Phi) is 4.39. The topological polar surface area (TPSA) is 63.7 Å². The maximum absolute atomic E-state index is 12.9. The average molecular weight is 452 g/mol. The van der Waals surface area contributed by atoms with Gasteiger partial charge in [0.1, 0.15) is 5.75 Å². The molecule has 6 heteroatoms. The SMILES string of the molecule is O=C(COc1ccc(N2C(=O)[C@@H]3[C@H](C2=O)[C@H]2C=C[C@H]3C2)cc1)c1ccc(Br)cc1. The normalized spacial score (nSPS) is 26.9. The zero-order chi connectivity index (χ0) is 20.1. The van der Waals surface area contributed by atoms with E-state index in [1.165, 1.54) is 4.90 Å². The number of anilines is 1. The number of hydrogen-bond donors (Lipinski definition) is 0. The number of hydrogen-bond acceptors (Lipinski definition) is 4. The first kappa shape index (κ1) is 18.3. The zero-order valence-corrected chi connectivity index (χ0v) is 17.0. The summed E-state index contributed by atoms with van der Waals surface area (Å²) in [6, 6.07) is 13.9. The van der Waals surface area contributed by atoms with Crippen LogP contribution in [-0.4, -0.2) is 24.2 Å². The third-order valence-corrected chi connectivity index (χ3v) is 6.63. The van der Waals surface area contributed by atoms with Crippen LogP contribution in [0.3, 0.4) is 0 Å². The van der Waals surface area contributed by atoms with Crippen LogP contribution in [-0.2, 0) is 9.59 Å². The number of ether oxygens (including phenoxy) is 1. The number of ketones is 1. The zero-order valence-electron chi connectivity index (χ0n) is 15.5. The number of halogens is 1. The monoisotopic (exact) mass is 451 g/mol. The first-order valence-corrected chi connectivity index (χ1v) is 10.4. The molecule has 3 aliphatic rings. The van der Waals surface area contributed by atoms with E-state index < -0.39 is 0 Å². The molecule has 1 heterocycles. The molecule has 2 fully saturated rings. The Bertz CT molecular complexity index is 998. The van der Waals surface area contributed by atoms with Crippen molar-refractivity contribution < 1.29 is 19.1 Å². The lowest BCUT2D eigenvalue weighted by Crippen LogP contribution is -2.32. The van der Waals surface area contributed by atoms with Gasteiger partial charge in [0.05, 0.1) is 17.5 Å². The highest BCUT2D eigenvalue weighted by atomic mass is 79.9. The molecule has 29 heavy (non-hydrogen) atoms. The number of carbonyl (C=O) groups is 3. The van der Waals surface area contributed by atoms with E-state index in [1.54, 1.807) is 36.4 Å². The van der Waals surface area contributed by atoms with Gasteiger partial charge in [-0.3, -0.25) is 19.3 Å². The van der Waals surface area contributed by atoms with Gasteiger partial charge in [-0.05, 0) is 54.7 Å². The summed E-state index contributed by atoms with van der Waals surface area (Å²) in [5.74, 6) is 0.153. The number of nitrogens with zero attached hydrogens (tertiary/aromatic N) is 1. The summed E-state index contributed by atoms with van der Waals surface area (Å²) in [5.41, 5.74) is 1.13. The van der Waals surface area contributed by atoms with E-state index in [2.05, 4.69) is 28.1 Å². The molecule has 5 nitrogen and oxygen atoms in total. The number of fused-ring (bicyclic) bond motifs is 5. The Hall–Kier alpha value is -2.73. The molecule has 0 radical (unpaired) electrons. The van der Waals surface area contributed by atoms with Crippen LogP contribution in [0.1, 0.15) is 16.8 Å². The molecule has 1 saturated carbocycles. The second-order valence-corrected chi connectivity index (χ2v) is 8.64. The molecule has 2 aliphatic carbocycles. The van der Waals surface area contributed by atoms with Crippen molar-refractivity contribution in [2.45, 2.75) is 6.42 Å². The number of rotatable bonds is 5. The summed E-state index contributed by atoms with van der Waals surface area (Å²) >= 11 is 3.34. The number of imide groups is 1. The smallest absolute Gasteiger partial charge is 0.238 e. The predicted octanol–water partition coefficient (Wildman–Crippen LogP) is 4.02. The fourth-order valence-electron chi connectivity index (χ4n) is 4.72. The number of allylic oxidation sites excluding steroid dienone is 2. The van der Waals surface area contributed by atoms with E-state index in [9.17, 15) is 14.4 Å². The molecule has 1 aliphatic heterocycles. The second-order valence-electron chi connectivity index (χ2n) is 7.72. The molecule has 4 atom stereocenters. The molecule has 0 N–H and O–H groups in total. The van der Waals surface area contributed by atoms with Crippen LogP contribution in [0.2, 0.25) is 0 Å². The van der Waals surface area contributed by atoms with Crippen LogP contribution in [0.25, 0.3) is 0 Å². The van der Waals surface area contributed by atoms with Crippen LogP contribution in [0.4, 0.5) is 5.69 Å². The molecular weight excluding hydrogens is 434 g/mol.